The van der Waals surface area contributed by atoms with Crippen molar-refractivity contribution in [3.63, 3.8) is 0 Å². The minimum absolute atomic E-state index is 0.0698. The Balaban J connectivity index is 1.06. The van der Waals surface area contributed by atoms with E-state index in [1.54, 1.807) is 6.07 Å². The van der Waals surface area contributed by atoms with E-state index < -0.39 is 6.85 Å². The van der Waals surface area contributed by atoms with Gasteiger partial charge in [0.25, 0.3) is 0 Å². The van der Waals surface area contributed by atoms with Crippen LogP contribution in [0.2, 0.25) is 0 Å². The van der Waals surface area contributed by atoms with Crippen LogP contribution < -0.4 is 4.74 Å². The molecule has 0 atom stereocenters. The Bertz CT molecular complexity index is 4190. The predicted octanol–water partition coefficient (Wildman–Crippen LogP) is 16.1. The minimum atomic E-state index is -2.45. The number of hydrogen-bond donors (Lipinski definition) is 0. The van der Waals surface area contributed by atoms with Crippen LogP contribution >= 0.6 is 0 Å². The summed E-state index contributed by atoms with van der Waals surface area (Å²) in [6, 6.07) is 51.1. The first-order chi connectivity index (χ1) is 33.6. The fourth-order valence-corrected chi connectivity index (χ4v) is 11.4. The van der Waals surface area contributed by atoms with Crippen molar-refractivity contribution < 1.29 is 28.2 Å². The molecule has 0 N–H and O–H groups in total. The van der Waals surface area contributed by atoms with E-state index in [2.05, 4.69) is 215 Å². The number of imidazole rings is 1. The van der Waals surface area contributed by atoms with Gasteiger partial charge < -0.3 is 4.40 Å². The molecule has 0 fully saturated rings. The summed E-state index contributed by atoms with van der Waals surface area (Å²) in [4.78, 5) is 5.04. The number of hydrogen-bond acceptors (Lipinski definition) is 2. The molecule has 5 heterocycles. The molecule has 0 spiro atoms. The first-order valence-electron chi connectivity index (χ1n) is 24.9. The van der Waals surface area contributed by atoms with Crippen molar-refractivity contribution in [1.82, 2.24) is 23.1 Å². The number of para-hydroxylation sites is 4. The van der Waals surface area contributed by atoms with Crippen LogP contribution in [0.5, 0.6) is 11.5 Å². The van der Waals surface area contributed by atoms with Gasteiger partial charge in [0.05, 0.1) is 16.6 Å². The molecular weight excluding hydrogens is 1010 g/mol. The maximum absolute atomic E-state index is 8.73. The van der Waals surface area contributed by atoms with Crippen LogP contribution in [0.4, 0.5) is 0 Å². The molecule has 5 aromatic heterocycles. The molecule has 7 heteroatoms. The van der Waals surface area contributed by atoms with E-state index >= 15 is 0 Å². The van der Waals surface area contributed by atoms with Gasteiger partial charge in [0, 0.05) is 27.7 Å². The van der Waals surface area contributed by atoms with E-state index in [1.807, 2.05) is 30.5 Å². The molecule has 0 unspecified atom stereocenters. The second kappa shape index (κ2) is 14.9. The molecule has 0 aliphatic heterocycles. The maximum atomic E-state index is 8.73. The zero-order valence-electron chi connectivity index (χ0n) is 42.9. The third-order valence-corrected chi connectivity index (χ3v) is 15.0. The fourth-order valence-electron chi connectivity index (χ4n) is 10.3. The van der Waals surface area contributed by atoms with E-state index in [0.717, 1.165) is 59.4 Å². The van der Waals surface area contributed by atoms with Crippen molar-refractivity contribution in [3.05, 3.63) is 178 Å². The number of pyridine rings is 1. The van der Waals surface area contributed by atoms with Gasteiger partial charge in [-0.15, -0.1) is 0 Å². The Hall–Kier alpha value is -6.75. The number of nitrogens with zero attached hydrogens (tertiary/aromatic N) is 5. The minimum Gasteiger partial charge on any atom is 0.0620 e. The molecule has 6 nitrogen and oxygen atoms in total. The first-order valence-corrected chi connectivity index (χ1v) is 24.6. The van der Waals surface area contributed by atoms with Crippen molar-refractivity contribution in [2.24, 2.45) is 0 Å². The maximum Gasteiger partial charge on any atom is 0.0620 e. The molecule has 0 aliphatic rings. The number of benzene rings is 7. The van der Waals surface area contributed by atoms with Gasteiger partial charge in [0.2, 0.25) is 0 Å². The Morgan fingerprint density at radius 2 is 1.07 bits per heavy atom. The fraction of sp³-hybridized carbons (Fsp3) is 0.213. The molecule has 0 amide bonds. The van der Waals surface area contributed by atoms with E-state index in [4.69, 9.17) is 13.8 Å². The number of rotatable bonds is 5. The summed E-state index contributed by atoms with van der Waals surface area (Å²) in [6.45, 7) is 17.8. The molecule has 0 aliphatic carbocycles. The van der Waals surface area contributed by atoms with Crippen LogP contribution in [-0.4, -0.2) is 23.1 Å². The zero-order valence-corrected chi connectivity index (χ0v) is 42.2. The Morgan fingerprint density at radius 1 is 0.471 bits per heavy atom. The SMILES string of the molecule is [2H]C([2H])([2H])c1ccc(-n2[c](=[Pt])n(-c3cc(C(C)(C)C)cc(C(C)(C)C)c3)c3ccccc32)cc1Oc1ccc2c3cc4c5cccc6c7ccccc7n(c4cc3n(-c3cc(C(C)(C)C)ccn3)c2c1)c65. The van der Waals surface area contributed by atoms with Crippen molar-refractivity contribution in [2.45, 2.75) is 85.4 Å². The molecular formula is C61H55N5OPt. The molecule has 68 heavy (non-hydrogen) atoms. The molecule has 0 radical (unpaired) electrons. The summed E-state index contributed by atoms with van der Waals surface area (Å²) in [6.07, 6.45) is 1.90. The molecule has 7 aromatic carbocycles. The van der Waals surface area contributed by atoms with Crippen molar-refractivity contribution in [3.8, 4) is 28.7 Å². The van der Waals surface area contributed by atoms with Crippen LogP contribution in [-0.2, 0) is 35.6 Å². The van der Waals surface area contributed by atoms with Gasteiger partial charge in [0.15, 0.2) is 0 Å². The van der Waals surface area contributed by atoms with E-state index in [-0.39, 0.29) is 27.6 Å². The van der Waals surface area contributed by atoms with Crippen LogP contribution in [0, 0.1) is 10.7 Å². The first kappa shape index (κ1) is 39.3. The summed E-state index contributed by atoms with van der Waals surface area (Å²) in [5.74, 6) is 1.58. The number of aryl methyl sites for hydroxylation is 1. The van der Waals surface area contributed by atoms with Gasteiger partial charge in [-0.1, -0.05) is 57.2 Å². The number of aromatic nitrogens is 5. The molecule has 12 aromatic rings. The Kier molecular flexibility index (Phi) is 8.59. The second-order valence-corrected chi connectivity index (χ2v) is 22.6. The molecule has 340 valence electrons. The van der Waals surface area contributed by atoms with Gasteiger partial charge in [-0.05, 0) is 23.1 Å². The molecule has 0 saturated carbocycles. The Labute approximate surface area is 412 Å². The standard InChI is InChI=1S/C61H55N5O.Pt/c1-37-22-23-41(63-36-64(52-21-14-13-20-51(52)63)42-29-39(60(5,6)7)28-40(30-42)61(8,9)10)32-56(37)67-43-24-25-45-48-34-49-47-18-15-17-46-44-16-11-12-19-50(44)66(58(46)47)55(49)35-54(48)65(53(45)33-43)57-31-38(26-27-62-57)59(2,3)4;/h11-35H,1-10H3;/i1D3;. The average molecular weight is 1070 g/mol. The van der Waals surface area contributed by atoms with Crippen LogP contribution in [0.3, 0.4) is 0 Å². The van der Waals surface area contributed by atoms with Crippen LogP contribution in [0.15, 0.2) is 152 Å². The van der Waals surface area contributed by atoms with Crippen LogP contribution in [0.1, 0.15) is 88.7 Å². The van der Waals surface area contributed by atoms with E-state index in [0.29, 0.717) is 5.75 Å². The van der Waals surface area contributed by atoms with Gasteiger partial charge in [-0.2, -0.15) is 0 Å². The monoisotopic (exact) mass is 1070 g/mol. The van der Waals surface area contributed by atoms with Gasteiger partial charge in [-0.25, -0.2) is 0 Å². The second-order valence-electron chi connectivity index (χ2n) is 21.6. The third-order valence-electron chi connectivity index (χ3n) is 14.0. The summed E-state index contributed by atoms with van der Waals surface area (Å²) in [5.41, 5.74) is 12.9. The normalized spacial score (nSPS) is 13.8. The average Bonchev–Trinajstić information content (AvgIpc) is 4.03. The third kappa shape index (κ3) is 6.55. The topological polar surface area (TPSA) is 41.3 Å². The summed E-state index contributed by atoms with van der Waals surface area (Å²) < 4.78 is 43.2. The summed E-state index contributed by atoms with van der Waals surface area (Å²) >= 11 is 2.42. The van der Waals surface area contributed by atoms with Gasteiger partial charge >= 0.3 is 285 Å². The quantitative estimate of drug-likeness (QED) is 0.172. The van der Waals surface area contributed by atoms with E-state index in [1.165, 1.54) is 49.3 Å². The zero-order chi connectivity index (χ0) is 49.7. The van der Waals surface area contributed by atoms with Gasteiger partial charge in [0.1, 0.15) is 0 Å². The Morgan fingerprint density at radius 3 is 1.76 bits per heavy atom. The van der Waals surface area contributed by atoms with E-state index in [9.17, 15) is 0 Å². The van der Waals surface area contributed by atoms with Crippen molar-refractivity contribution >= 4 is 70.9 Å². The molecule has 0 bridgehead atoms. The van der Waals surface area contributed by atoms with Gasteiger partial charge in [-0.3, -0.25) is 0 Å². The largest absolute Gasteiger partial charge is 0.0620 e. The van der Waals surface area contributed by atoms with Crippen molar-refractivity contribution in [1.29, 1.82) is 0 Å². The smallest absolute Gasteiger partial charge is 0.0620 e. The van der Waals surface area contributed by atoms with Crippen LogP contribution in [0.25, 0.3) is 88.1 Å². The molecule has 12 rings (SSSR count). The number of ether oxygens (including phenoxy) is 1. The summed E-state index contributed by atoms with van der Waals surface area (Å²) in [7, 11) is 0. The molecule has 0 saturated heterocycles. The predicted molar refractivity (Wildman–Crippen MR) is 280 cm³/mol. The van der Waals surface area contributed by atoms with Crippen molar-refractivity contribution in [2.75, 3.05) is 0 Å². The summed E-state index contributed by atoms with van der Waals surface area (Å²) in [5, 5.41) is 7.01. The number of fused-ring (bicyclic) bond motifs is 10.